The maximum Gasteiger partial charge on any atom is 0.246 e. The van der Waals surface area contributed by atoms with Crippen LogP contribution in [0.1, 0.15) is 36.7 Å². The second-order valence-corrected chi connectivity index (χ2v) is 7.52. The molecule has 0 radical (unpaired) electrons. The first-order valence-electron chi connectivity index (χ1n) is 9.78. The number of fused-ring (bicyclic) bond motifs is 1. The molecule has 1 amide bonds. The summed E-state index contributed by atoms with van der Waals surface area (Å²) < 4.78 is 15.0. The molecular formula is C21H24FN7O. The first-order chi connectivity index (χ1) is 14.3. The molecule has 4 rings (SSSR count). The van der Waals surface area contributed by atoms with Crippen LogP contribution in [0.15, 0.2) is 36.7 Å². The largest absolute Gasteiger partial charge is 0.350 e. The summed E-state index contributed by atoms with van der Waals surface area (Å²) in [7, 11) is 1.85. The first kappa shape index (κ1) is 19.8. The van der Waals surface area contributed by atoms with E-state index in [-0.39, 0.29) is 23.8 Å². The molecule has 0 saturated carbocycles. The van der Waals surface area contributed by atoms with Crippen molar-refractivity contribution in [3.8, 4) is 0 Å². The van der Waals surface area contributed by atoms with Crippen molar-refractivity contribution in [3.63, 3.8) is 0 Å². The molecule has 0 spiro atoms. The second kappa shape index (κ2) is 7.74. The van der Waals surface area contributed by atoms with Gasteiger partial charge in [0.15, 0.2) is 5.82 Å². The number of aryl methyl sites for hydroxylation is 1. The van der Waals surface area contributed by atoms with E-state index in [2.05, 4.69) is 25.7 Å². The highest BCUT2D eigenvalue weighted by Gasteiger charge is 2.30. The number of aromatic nitrogens is 4. The van der Waals surface area contributed by atoms with E-state index in [9.17, 15) is 9.18 Å². The molecule has 1 aliphatic heterocycles. The highest BCUT2D eigenvalue weighted by Crippen LogP contribution is 2.32. The van der Waals surface area contributed by atoms with Gasteiger partial charge in [0.25, 0.3) is 0 Å². The third-order valence-corrected chi connectivity index (χ3v) is 5.47. The average molecular weight is 409 g/mol. The monoisotopic (exact) mass is 409 g/mol. The van der Waals surface area contributed by atoms with Gasteiger partial charge in [0.1, 0.15) is 17.5 Å². The summed E-state index contributed by atoms with van der Waals surface area (Å²) in [6, 6.07) is 6.12. The van der Waals surface area contributed by atoms with Gasteiger partial charge in [0.2, 0.25) is 11.9 Å². The van der Waals surface area contributed by atoms with E-state index in [1.54, 1.807) is 18.3 Å². The number of benzene rings is 1. The lowest BCUT2D eigenvalue weighted by atomic mass is 10.1. The zero-order valence-corrected chi connectivity index (χ0v) is 17.3. The van der Waals surface area contributed by atoms with Crippen LogP contribution in [-0.4, -0.2) is 38.7 Å². The van der Waals surface area contributed by atoms with Crippen molar-refractivity contribution in [2.45, 2.75) is 39.4 Å². The third kappa shape index (κ3) is 3.70. The number of carbonyl (C=O) groups is 1. The SMILES string of the molecule is Cc1nc(NCc2cnn([C@@H](C)c3ccc(F)cc3)c2)nc2c1NC(=O)[C@H](C)N2C. The zero-order valence-electron chi connectivity index (χ0n) is 17.3. The van der Waals surface area contributed by atoms with Crippen LogP contribution in [0.4, 0.5) is 21.8 Å². The fourth-order valence-corrected chi connectivity index (χ4v) is 3.38. The highest BCUT2D eigenvalue weighted by atomic mass is 19.1. The topological polar surface area (TPSA) is 88.0 Å². The number of nitrogens with zero attached hydrogens (tertiary/aromatic N) is 5. The summed E-state index contributed by atoms with van der Waals surface area (Å²) in [5.41, 5.74) is 3.30. The van der Waals surface area contributed by atoms with Gasteiger partial charge in [-0.2, -0.15) is 10.1 Å². The van der Waals surface area contributed by atoms with E-state index in [0.29, 0.717) is 29.7 Å². The number of anilines is 3. The van der Waals surface area contributed by atoms with Gasteiger partial charge in [-0.05, 0) is 38.5 Å². The smallest absolute Gasteiger partial charge is 0.246 e. The molecule has 3 aromatic rings. The standard InChI is InChI=1S/C21H24FN7O/c1-12-18-19(28(4)14(3)20(30)26-18)27-21(25-12)23-9-15-10-24-29(11-15)13(2)16-5-7-17(22)8-6-16/h5-8,10-11,13-14H,9H2,1-4H3,(H,26,30)(H,23,25,27)/t13-,14-/m0/s1. The minimum absolute atomic E-state index is 0.0136. The van der Waals surface area contributed by atoms with Crippen LogP contribution in [0, 0.1) is 12.7 Å². The van der Waals surface area contributed by atoms with Gasteiger partial charge in [-0.3, -0.25) is 9.48 Å². The lowest BCUT2D eigenvalue weighted by Gasteiger charge is -2.32. The van der Waals surface area contributed by atoms with Gasteiger partial charge < -0.3 is 15.5 Å². The molecule has 3 heterocycles. The Morgan fingerprint density at radius 3 is 2.73 bits per heavy atom. The van der Waals surface area contributed by atoms with Crippen molar-refractivity contribution in [3.05, 3.63) is 59.3 Å². The third-order valence-electron chi connectivity index (χ3n) is 5.47. The summed E-state index contributed by atoms with van der Waals surface area (Å²) in [4.78, 5) is 22.9. The molecule has 0 fully saturated rings. The van der Waals surface area contributed by atoms with Crippen LogP contribution >= 0.6 is 0 Å². The number of amides is 1. The zero-order chi connectivity index (χ0) is 21.4. The maximum absolute atomic E-state index is 13.2. The van der Waals surface area contributed by atoms with Gasteiger partial charge >= 0.3 is 0 Å². The summed E-state index contributed by atoms with van der Waals surface area (Å²) in [6.07, 6.45) is 3.73. The number of halogens is 1. The Balaban J connectivity index is 1.48. The molecule has 0 saturated heterocycles. The lowest BCUT2D eigenvalue weighted by Crippen LogP contribution is -2.44. The summed E-state index contributed by atoms with van der Waals surface area (Å²) >= 11 is 0. The summed E-state index contributed by atoms with van der Waals surface area (Å²) in [5, 5.41) is 10.5. The van der Waals surface area contributed by atoms with Crippen LogP contribution in [0.5, 0.6) is 0 Å². The second-order valence-electron chi connectivity index (χ2n) is 7.52. The van der Waals surface area contributed by atoms with Crippen LogP contribution < -0.4 is 15.5 Å². The highest BCUT2D eigenvalue weighted by molar-refractivity contribution is 6.03. The molecule has 1 aromatic carbocycles. The molecule has 0 bridgehead atoms. The molecule has 9 heteroatoms. The van der Waals surface area contributed by atoms with Crippen LogP contribution in [0.25, 0.3) is 0 Å². The molecule has 2 atom stereocenters. The van der Waals surface area contributed by atoms with Crippen molar-refractivity contribution in [2.24, 2.45) is 0 Å². The van der Waals surface area contributed by atoms with Crippen molar-refractivity contribution >= 4 is 23.4 Å². The Morgan fingerprint density at radius 2 is 2.00 bits per heavy atom. The van der Waals surface area contributed by atoms with Crippen molar-refractivity contribution in [2.75, 3.05) is 22.6 Å². The summed E-state index contributed by atoms with van der Waals surface area (Å²) in [6.45, 7) is 6.19. The minimum Gasteiger partial charge on any atom is -0.350 e. The fraction of sp³-hybridized carbons (Fsp3) is 0.333. The van der Waals surface area contributed by atoms with E-state index in [4.69, 9.17) is 0 Å². The van der Waals surface area contributed by atoms with E-state index >= 15 is 0 Å². The van der Waals surface area contributed by atoms with Crippen molar-refractivity contribution in [1.82, 2.24) is 19.7 Å². The molecule has 1 aliphatic rings. The van der Waals surface area contributed by atoms with Gasteiger partial charge in [0, 0.05) is 25.4 Å². The number of carbonyl (C=O) groups excluding carboxylic acids is 1. The molecule has 156 valence electrons. The first-order valence-corrected chi connectivity index (χ1v) is 9.78. The van der Waals surface area contributed by atoms with E-state index < -0.39 is 0 Å². The molecule has 0 unspecified atom stereocenters. The average Bonchev–Trinajstić information content (AvgIpc) is 3.21. The normalized spacial score (nSPS) is 16.8. The van der Waals surface area contributed by atoms with Gasteiger partial charge in [-0.15, -0.1) is 0 Å². The molecule has 8 nitrogen and oxygen atoms in total. The number of nitrogens with one attached hydrogen (secondary N) is 2. The van der Waals surface area contributed by atoms with Gasteiger partial charge in [-0.25, -0.2) is 9.37 Å². The van der Waals surface area contributed by atoms with Crippen LogP contribution in [0.3, 0.4) is 0 Å². The van der Waals surface area contributed by atoms with Crippen molar-refractivity contribution < 1.29 is 9.18 Å². The number of hydrogen-bond acceptors (Lipinski definition) is 6. The Morgan fingerprint density at radius 1 is 1.27 bits per heavy atom. The van der Waals surface area contributed by atoms with Crippen LogP contribution in [-0.2, 0) is 11.3 Å². The lowest BCUT2D eigenvalue weighted by molar-refractivity contribution is -0.117. The Kier molecular flexibility index (Phi) is 5.11. The molecular weight excluding hydrogens is 385 g/mol. The maximum atomic E-state index is 13.2. The predicted octanol–water partition coefficient (Wildman–Crippen LogP) is 3.12. The Labute approximate surface area is 174 Å². The number of rotatable bonds is 5. The predicted molar refractivity (Wildman–Crippen MR) is 113 cm³/mol. The van der Waals surface area contributed by atoms with E-state index in [0.717, 1.165) is 11.1 Å². The minimum atomic E-state index is -0.300. The van der Waals surface area contributed by atoms with Crippen molar-refractivity contribution in [1.29, 1.82) is 0 Å². The molecule has 2 N–H and O–H groups in total. The van der Waals surface area contributed by atoms with E-state index in [1.165, 1.54) is 12.1 Å². The Hall–Kier alpha value is -3.49. The molecule has 0 aliphatic carbocycles. The quantitative estimate of drug-likeness (QED) is 0.673. The molecule has 2 aromatic heterocycles. The number of likely N-dealkylation sites (N-methyl/N-ethyl adjacent to an activating group) is 1. The fourth-order valence-electron chi connectivity index (χ4n) is 3.38. The Bertz CT molecular complexity index is 1080. The van der Waals surface area contributed by atoms with Crippen LogP contribution in [0.2, 0.25) is 0 Å². The van der Waals surface area contributed by atoms with Gasteiger partial charge in [0.05, 0.1) is 17.9 Å². The molecule has 30 heavy (non-hydrogen) atoms. The van der Waals surface area contributed by atoms with E-state index in [1.807, 2.05) is 43.6 Å². The van der Waals surface area contributed by atoms with Gasteiger partial charge in [-0.1, -0.05) is 12.1 Å². The summed E-state index contributed by atoms with van der Waals surface area (Å²) in [5.74, 6) is 0.856. The number of hydrogen-bond donors (Lipinski definition) is 2.